The molecule has 4 aromatic rings. The minimum Gasteiger partial charge on any atom is -0.352 e. The second kappa shape index (κ2) is 11.2. The Morgan fingerprint density at radius 2 is 1.94 bits per heavy atom. The number of aromatic nitrogens is 4. The number of rotatable bonds is 8. The van der Waals surface area contributed by atoms with Crippen molar-refractivity contribution in [2.45, 2.75) is 32.5 Å². The molecule has 10 heteroatoms. The predicted octanol–water partition coefficient (Wildman–Crippen LogP) is 4.82. The average molecular weight is 525 g/mol. The smallest absolute Gasteiger partial charge is 0.241 e. The summed E-state index contributed by atoms with van der Waals surface area (Å²) in [7, 11) is 0. The highest BCUT2D eigenvalue weighted by Gasteiger charge is 2.27. The van der Waals surface area contributed by atoms with Crippen LogP contribution in [0.5, 0.6) is 0 Å². The summed E-state index contributed by atoms with van der Waals surface area (Å²) < 4.78 is 7.47. The van der Waals surface area contributed by atoms with Crippen LogP contribution < -0.4 is 5.32 Å². The van der Waals surface area contributed by atoms with Crippen LogP contribution in [0.2, 0.25) is 10.0 Å². The van der Waals surface area contributed by atoms with E-state index in [2.05, 4.69) is 49.6 Å². The highest BCUT2D eigenvalue weighted by Crippen LogP contribution is 2.28. The first-order valence-corrected chi connectivity index (χ1v) is 12.6. The number of benzene rings is 2. The first kappa shape index (κ1) is 24.5. The third-order valence-corrected chi connectivity index (χ3v) is 6.84. The Labute approximate surface area is 219 Å². The summed E-state index contributed by atoms with van der Waals surface area (Å²) in [6.07, 6.45) is 7.31. The number of hydrogen-bond donors (Lipinski definition) is 1. The second-order valence-corrected chi connectivity index (χ2v) is 9.82. The second-order valence-electron chi connectivity index (χ2n) is 8.98. The Kier molecular flexibility index (Phi) is 7.65. The lowest BCUT2D eigenvalue weighted by Crippen LogP contribution is -2.42. The van der Waals surface area contributed by atoms with Gasteiger partial charge in [-0.15, -0.1) is 0 Å². The molecule has 2 aromatic heterocycles. The van der Waals surface area contributed by atoms with Gasteiger partial charge in [0.2, 0.25) is 17.6 Å². The number of nitrogens with one attached hydrogen (secondary N) is 1. The molecule has 0 saturated carbocycles. The monoisotopic (exact) mass is 524 g/mol. The number of amides is 1. The van der Waals surface area contributed by atoms with Gasteiger partial charge in [-0.3, -0.25) is 9.69 Å². The van der Waals surface area contributed by atoms with Crippen LogP contribution in [0.4, 0.5) is 0 Å². The maximum atomic E-state index is 12.9. The van der Waals surface area contributed by atoms with Gasteiger partial charge in [0, 0.05) is 42.6 Å². The van der Waals surface area contributed by atoms with Crippen molar-refractivity contribution in [1.82, 2.24) is 29.9 Å². The lowest BCUT2D eigenvalue weighted by atomic mass is 9.97. The topological polar surface area (TPSA) is 89.1 Å². The highest BCUT2D eigenvalue weighted by molar-refractivity contribution is 6.36. The van der Waals surface area contributed by atoms with Crippen LogP contribution in [0.3, 0.4) is 0 Å². The normalized spacial score (nSPS) is 16.2. The Balaban J connectivity index is 1.12. The molecule has 1 atom stereocenters. The van der Waals surface area contributed by atoms with Crippen molar-refractivity contribution < 1.29 is 9.32 Å². The molecule has 3 heterocycles. The van der Waals surface area contributed by atoms with Gasteiger partial charge >= 0.3 is 0 Å². The van der Waals surface area contributed by atoms with E-state index in [1.165, 1.54) is 5.56 Å². The molecule has 0 radical (unpaired) electrons. The third kappa shape index (κ3) is 6.13. The van der Waals surface area contributed by atoms with Gasteiger partial charge in [-0.25, -0.2) is 4.98 Å². The molecule has 8 nitrogen and oxygen atoms in total. The molecule has 0 bridgehead atoms. The van der Waals surface area contributed by atoms with E-state index in [4.69, 9.17) is 27.7 Å². The van der Waals surface area contributed by atoms with Crippen molar-refractivity contribution >= 4 is 29.1 Å². The van der Waals surface area contributed by atoms with Crippen LogP contribution >= 0.6 is 23.2 Å². The van der Waals surface area contributed by atoms with Crippen LogP contribution in [-0.2, 0) is 24.4 Å². The summed E-state index contributed by atoms with van der Waals surface area (Å²) in [6, 6.07) is 13.4. The summed E-state index contributed by atoms with van der Waals surface area (Å²) in [5.74, 6) is 0.913. The van der Waals surface area contributed by atoms with Crippen LogP contribution in [0.15, 0.2) is 65.7 Å². The van der Waals surface area contributed by atoms with Crippen molar-refractivity contribution in [3.8, 4) is 11.4 Å². The molecule has 1 saturated heterocycles. The Bertz CT molecular complexity index is 1310. The lowest BCUT2D eigenvalue weighted by molar-refractivity contribution is -0.127. The van der Waals surface area contributed by atoms with Gasteiger partial charge in [0.15, 0.2) is 0 Å². The van der Waals surface area contributed by atoms with E-state index < -0.39 is 0 Å². The number of imidazole rings is 1. The third-order valence-electron chi connectivity index (χ3n) is 6.29. The number of likely N-dealkylation sites (tertiary alicyclic amines) is 1. The van der Waals surface area contributed by atoms with E-state index in [1.54, 1.807) is 30.7 Å². The first-order chi connectivity index (χ1) is 17.5. The van der Waals surface area contributed by atoms with Gasteiger partial charge in [-0.2, -0.15) is 4.98 Å². The molecule has 0 spiro atoms. The largest absolute Gasteiger partial charge is 0.352 e. The summed E-state index contributed by atoms with van der Waals surface area (Å²) in [4.78, 5) is 23.6. The molecule has 1 aliphatic rings. The fourth-order valence-corrected chi connectivity index (χ4v) is 4.88. The zero-order chi connectivity index (χ0) is 24.9. The summed E-state index contributed by atoms with van der Waals surface area (Å²) in [6.45, 7) is 3.30. The quantitative estimate of drug-likeness (QED) is 0.355. The van der Waals surface area contributed by atoms with E-state index >= 15 is 0 Å². The summed E-state index contributed by atoms with van der Waals surface area (Å²) in [5.41, 5.74) is 2.93. The van der Waals surface area contributed by atoms with Crippen molar-refractivity contribution in [2.24, 2.45) is 5.92 Å². The molecule has 1 amide bonds. The highest BCUT2D eigenvalue weighted by atomic mass is 35.5. The Hall–Kier alpha value is -3.20. The van der Waals surface area contributed by atoms with Gasteiger partial charge in [0.05, 0.1) is 23.8 Å². The first-order valence-electron chi connectivity index (χ1n) is 11.8. The minimum absolute atomic E-state index is 0.0707. The maximum absolute atomic E-state index is 12.9. The predicted molar refractivity (Wildman–Crippen MR) is 137 cm³/mol. The minimum atomic E-state index is -0.0765. The van der Waals surface area contributed by atoms with Gasteiger partial charge in [0.25, 0.3) is 0 Å². The number of nitrogens with zero attached hydrogens (tertiary/aromatic N) is 5. The van der Waals surface area contributed by atoms with E-state index in [0.717, 1.165) is 31.5 Å². The van der Waals surface area contributed by atoms with Crippen LogP contribution in [0, 0.1) is 5.92 Å². The van der Waals surface area contributed by atoms with E-state index in [0.29, 0.717) is 47.0 Å². The number of carbonyl (C=O) groups excluding carboxylic acids is 1. The summed E-state index contributed by atoms with van der Waals surface area (Å²) >= 11 is 12.2. The molecule has 5 rings (SSSR count). The van der Waals surface area contributed by atoms with Crippen molar-refractivity contribution in [3.05, 3.63) is 88.2 Å². The molecule has 1 unspecified atom stereocenters. The van der Waals surface area contributed by atoms with Crippen molar-refractivity contribution in [3.63, 3.8) is 0 Å². The van der Waals surface area contributed by atoms with E-state index in [1.807, 2.05) is 10.8 Å². The molecule has 2 aromatic carbocycles. The Morgan fingerprint density at radius 3 is 2.72 bits per heavy atom. The van der Waals surface area contributed by atoms with Crippen molar-refractivity contribution in [2.75, 3.05) is 13.1 Å². The number of halogens is 2. The fourth-order valence-electron chi connectivity index (χ4n) is 4.39. The standard InChI is InChI=1S/C26H26Cl2N6O2/c27-21-7-8-22(23(28)12-21)25-31-24(36-32-25)16-33-10-1-2-20(15-33)26(35)30-13-18-3-5-19(6-4-18)14-34-11-9-29-17-34/h3-9,11-12,17,20H,1-2,10,13-16H2,(H,30,35). The number of hydrogen-bond acceptors (Lipinski definition) is 6. The zero-order valence-electron chi connectivity index (χ0n) is 19.6. The van der Waals surface area contributed by atoms with Crippen LogP contribution in [0.25, 0.3) is 11.4 Å². The molecule has 1 aliphatic heterocycles. The zero-order valence-corrected chi connectivity index (χ0v) is 21.1. The molecule has 186 valence electrons. The SMILES string of the molecule is O=C(NCc1ccc(Cn2ccnc2)cc1)C1CCCN(Cc2nc(-c3ccc(Cl)cc3Cl)no2)C1. The molecule has 36 heavy (non-hydrogen) atoms. The fraction of sp³-hybridized carbons (Fsp3) is 0.308. The van der Waals surface area contributed by atoms with Gasteiger partial charge in [0.1, 0.15) is 0 Å². The molecule has 0 aliphatic carbocycles. The van der Waals surface area contributed by atoms with E-state index in [-0.39, 0.29) is 11.8 Å². The maximum Gasteiger partial charge on any atom is 0.241 e. The van der Waals surface area contributed by atoms with Gasteiger partial charge in [-0.05, 0) is 48.7 Å². The lowest BCUT2D eigenvalue weighted by Gasteiger charge is -2.30. The molecule has 1 fully saturated rings. The number of piperidine rings is 1. The Morgan fingerprint density at radius 1 is 1.11 bits per heavy atom. The van der Waals surface area contributed by atoms with Crippen molar-refractivity contribution in [1.29, 1.82) is 0 Å². The van der Waals surface area contributed by atoms with Gasteiger partial charge < -0.3 is 14.4 Å². The van der Waals surface area contributed by atoms with Crippen LogP contribution in [-0.4, -0.2) is 43.6 Å². The van der Waals surface area contributed by atoms with Crippen LogP contribution in [0.1, 0.15) is 29.9 Å². The number of carbonyl (C=O) groups is 1. The summed E-state index contributed by atoms with van der Waals surface area (Å²) in [5, 5.41) is 8.18. The molecule has 1 N–H and O–H groups in total. The van der Waals surface area contributed by atoms with Gasteiger partial charge in [-0.1, -0.05) is 52.6 Å². The molecular weight excluding hydrogens is 499 g/mol. The molecular formula is C26H26Cl2N6O2. The average Bonchev–Trinajstić information content (AvgIpc) is 3.56. The van der Waals surface area contributed by atoms with E-state index in [9.17, 15) is 4.79 Å².